The third kappa shape index (κ3) is 5.96. The topological polar surface area (TPSA) is 99.5 Å². The Morgan fingerprint density at radius 2 is 1.39 bits per heavy atom. The SMILES string of the molecule is Nc1cnc2c(c1)N(CCOCCn1ccnc1)CCN2CCOCCn1ccnc1. The number of hydrogen-bond acceptors (Lipinski definition) is 8. The average Bonchev–Trinajstić information content (AvgIpc) is 3.48. The lowest BCUT2D eigenvalue weighted by Crippen LogP contribution is -2.44. The number of hydrogen-bond donors (Lipinski definition) is 1. The molecule has 0 saturated carbocycles. The first-order chi connectivity index (χ1) is 15.3. The van der Waals surface area contributed by atoms with Crippen molar-refractivity contribution in [1.82, 2.24) is 24.1 Å². The maximum absolute atomic E-state index is 6.03. The molecule has 0 atom stereocenters. The Morgan fingerprint density at radius 1 is 0.806 bits per heavy atom. The normalized spacial score (nSPS) is 13.5. The summed E-state index contributed by atoms with van der Waals surface area (Å²) in [5.74, 6) is 0.956. The number of fused-ring (bicyclic) bond motifs is 1. The van der Waals surface area contributed by atoms with E-state index in [0.717, 1.165) is 50.8 Å². The first-order valence-electron chi connectivity index (χ1n) is 10.6. The third-order valence-electron chi connectivity index (χ3n) is 5.27. The summed E-state index contributed by atoms with van der Waals surface area (Å²) in [6.07, 6.45) is 12.8. The molecule has 1 aliphatic heterocycles. The lowest BCUT2D eigenvalue weighted by atomic mass is 10.2. The summed E-state index contributed by atoms with van der Waals surface area (Å²) in [6.45, 7) is 7.63. The minimum atomic E-state index is 0.650. The standard InChI is InChI=1S/C21H30N8O2/c22-19-15-20-21(25-16-19)29(10-14-31-12-8-27-4-2-24-18-27)6-5-28(20)9-13-30-11-7-26-3-1-23-17-26/h1-4,15-18H,5-14,22H2. The molecule has 0 amide bonds. The lowest BCUT2D eigenvalue weighted by Gasteiger charge is -2.38. The van der Waals surface area contributed by atoms with Crippen molar-refractivity contribution >= 4 is 17.2 Å². The van der Waals surface area contributed by atoms with Gasteiger partial charge in [0.15, 0.2) is 5.82 Å². The van der Waals surface area contributed by atoms with E-state index in [0.29, 0.717) is 32.1 Å². The van der Waals surface area contributed by atoms with E-state index >= 15 is 0 Å². The minimum Gasteiger partial charge on any atom is -0.397 e. The lowest BCUT2D eigenvalue weighted by molar-refractivity contribution is 0.130. The maximum atomic E-state index is 6.03. The van der Waals surface area contributed by atoms with Crippen molar-refractivity contribution in [1.29, 1.82) is 0 Å². The van der Waals surface area contributed by atoms with E-state index in [9.17, 15) is 0 Å². The molecule has 0 unspecified atom stereocenters. The zero-order valence-corrected chi connectivity index (χ0v) is 17.7. The molecule has 31 heavy (non-hydrogen) atoms. The first kappa shape index (κ1) is 21.1. The summed E-state index contributed by atoms with van der Waals surface area (Å²) >= 11 is 0. The predicted octanol–water partition coefficient (Wildman–Crippen LogP) is 1.12. The molecule has 0 fully saturated rings. The molecular formula is C21H30N8O2. The fourth-order valence-corrected chi connectivity index (χ4v) is 3.59. The van der Waals surface area contributed by atoms with Crippen LogP contribution in [0, 0.1) is 0 Å². The number of aromatic nitrogens is 5. The van der Waals surface area contributed by atoms with Gasteiger partial charge in [-0.15, -0.1) is 0 Å². The van der Waals surface area contributed by atoms with Crippen LogP contribution in [0.3, 0.4) is 0 Å². The monoisotopic (exact) mass is 426 g/mol. The van der Waals surface area contributed by atoms with Crippen molar-refractivity contribution in [2.75, 3.05) is 68.1 Å². The Hall–Kier alpha value is -3.11. The number of imidazole rings is 2. The van der Waals surface area contributed by atoms with Gasteiger partial charge < -0.3 is 34.1 Å². The van der Waals surface area contributed by atoms with E-state index in [4.69, 9.17) is 15.2 Å². The zero-order chi connectivity index (χ0) is 21.3. The van der Waals surface area contributed by atoms with Crippen molar-refractivity contribution in [2.45, 2.75) is 13.1 Å². The van der Waals surface area contributed by atoms with Crippen LogP contribution in [0.2, 0.25) is 0 Å². The largest absolute Gasteiger partial charge is 0.397 e. The predicted molar refractivity (Wildman–Crippen MR) is 119 cm³/mol. The molecule has 0 spiro atoms. The molecule has 166 valence electrons. The van der Waals surface area contributed by atoms with Crippen LogP contribution in [0.1, 0.15) is 0 Å². The Balaban J connectivity index is 1.23. The zero-order valence-electron chi connectivity index (χ0n) is 17.7. The summed E-state index contributed by atoms with van der Waals surface area (Å²) in [5.41, 5.74) is 7.75. The van der Waals surface area contributed by atoms with Gasteiger partial charge in [-0.1, -0.05) is 0 Å². The Morgan fingerprint density at radius 3 is 2.00 bits per heavy atom. The Labute approximate surface area is 182 Å². The van der Waals surface area contributed by atoms with Gasteiger partial charge in [-0.2, -0.15) is 0 Å². The van der Waals surface area contributed by atoms with Crippen LogP contribution in [-0.4, -0.2) is 76.7 Å². The molecule has 1 aliphatic rings. The Kier molecular flexibility index (Phi) is 7.35. The van der Waals surface area contributed by atoms with Crippen molar-refractivity contribution in [2.24, 2.45) is 0 Å². The summed E-state index contributed by atoms with van der Waals surface area (Å²) in [4.78, 5) is 17.3. The van der Waals surface area contributed by atoms with Crippen LogP contribution >= 0.6 is 0 Å². The van der Waals surface area contributed by atoms with Crippen LogP contribution in [0.4, 0.5) is 17.2 Å². The van der Waals surface area contributed by atoms with Crippen LogP contribution in [-0.2, 0) is 22.6 Å². The van der Waals surface area contributed by atoms with Crippen LogP contribution in [0.25, 0.3) is 0 Å². The number of ether oxygens (including phenoxy) is 2. The highest BCUT2D eigenvalue weighted by atomic mass is 16.5. The van der Waals surface area contributed by atoms with E-state index in [1.54, 1.807) is 31.2 Å². The molecule has 3 aromatic heterocycles. The van der Waals surface area contributed by atoms with E-state index in [-0.39, 0.29) is 0 Å². The molecule has 0 bridgehead atoms. The van der Waals surface area contributed by atoms with Gasteiger partial charge in [-0.25, -0.2) is 15.0 Å². The summed E-state index contributed by atoms with van der Waals surface area (Å²) in [7, 11) is 0. The van der Waals surface area contributed by atoms with Crippen molar-refractivity contribution < 1.29 is 9.47 Å². The van der Waals surface area contributed by atoms with Crippen molar-refractivity contribution in [3.05, 3.63) is 49.7 Å². The average molecular weight is 427 g/mol. The van der Waals surface area contributed by atoms with Gasteiger partial charge in [0, 0.05) is 64.1 Å². The second-order valence-electron chi connectivity index (χ2n) is 7.41. The van der Waals surface area contributed by atoms with Crippen molar-refractivity contribution in [3.63, 3.8) is 0 Å². The van der Waals surface area contributed by atoms with Gasteiger partial charge in [0.05, 0.1) is 56.7 Å². The quantitative estimate of drug-likeness (QED) is 0.430. The van der Waals surface area contributed by atoms with Crippen molar-refractivity contribution in [3.8, 4) is 0 Å². The van der Waals surface area contributed by atoms with Crippen LogP contribution in [0.15, 0.2) is 49.7 Å². The van der Waals surface area contributed by atoms with E-state index in [1.807, 2.05) is 27.6 Å². The number of rotatable bonds is 12. The number of nitrogens with zero attached hydrogens (tertiary/aromatic N) is 7. The molecule has 0 aliphatic carbocycles. The van der Waals surface area contributed by atoms with E-state index in [2.05, 4.69) is 24.8 Å². The van der Waals surface area contributed by atoms with Crippen LogP contribution in [0.5, 0.6) is 0 Å². The molecule has 2 N–H and O–H groups in total. The van der Waals surface area contributed by atoms with Gasteiger partial charge in [0.1, 0.15) is 0 Å². The molecule has 0 radical (unpaired) electrons. The van der Waals surface area contributed by atoms with Gasteiger partial charge in [-0.3, -0.25) is 0 Å². The molecule has 0 aromatic carbocycles. The Bertz CT molecular complexity index is 900. The molecule has 0 saturated heterocycles. The second-order valence-corrected chi connectivity index (χ2v) is 7.41. The van der Waals surface area contributed by atoms with Gasteiger partial charge >= 0.3 is 0 Å². The smallest absolute Gasteiger partial charge is 0.152 e. The third-order valence-corrected chi connectivity index (χ3v) is 5.27. The van der Waals surface area contributed by atoms with Gasteiger partial charge in [0.25, 0.3) is 0 Å². The molecule has 10 nitrogen and oxygen atoms in total. The highest BCUT2D eigenvalue weighted by Crippen LogP contribution is 2.32. The molecule has 10 heteroatoms. The van der Waals surface area contributed by atoms with Gasteiger partial charge in [0.2, 0.25) is 0 Å². The fraction of sp³-hybridized carbons (Fsp3) is 0.476. The fourth-order valence-electron chi connectivity index (χ4n) is 3.59. The highest BCUT2D eigenvalue weighted by molar-refractivity contribution is 5.72. The van der Waals surface area contributed by atoms with E-state index < -0.39 is 0 Å². The molecular weight excluding hydrogens is 396 g/mol. The number of anilines is 3. The van der Waals surface area contributed by atoms with Crippen LogP contribution < -0.4 is 15.5 Å². The van der Waals surface area contributed by atoms with E-state index in [1.165, 1.54) is 0 Å². The second kappa shape index (κ2) is 10.8. The number of nitrogen functional groups attached to an aromatic ring is 1. The molecule has 4 heterocycles. The number of nitrogens with two attached hydrogens (primary N) is 1. The van der Waals surface area contributed by atoms with Gasteiger partial charge in [-0.05, 0) is 6.07 Å². The highest BCUT2D eigenvalue weighted by Gasteiger charge is 2.23. The number of pyridine rings is 1. The maximum Gasteiger partial charge on any atom is 0.152 e. The first-order valence-corrected chi connectivity index (χ1v) is 10.6. The summed E-state index contributed by atoms with van der Waals surface area (Å²) in [6, 6.07) is 2.00. The molecule has 3 aromatic rings. The summed E-state index contributed by atoms with van der Waals surface area (Å²) < 4.78 is 15.7. The molecule has 4 rings (SSSR count). The minimum absolute atomic E-state index is 0.650. The summed E-state index contributed by atoms with van der Waals surface area (Å²) in [5, 5.41) is 0.